The molecular formula is C24H33N3O4. The van der Waals surface area contributed by atoms with Gasteiger partial charge in [-0.3, -0.25) is 5.10 Å². The molecule has 2 N–H and O–H groups in total. The van der Waals surface area contributed by atoms with Crippen LogP contribution in [0, 0.1) is 0 Å². The standard InChI is InChI=1S/C24H33N3O4/c1-30-24(29)27-13-5-8-21(23-19(15-28)14-25-26-23)22(27)16-31-20-11-9-18(10-12-20)17-6-3-2-4-7-17/h2-4,6-7,14,18,20-22,28H,5,8-13,15-16H2,1H3,(H,25,26)/t18?,20?,21-,22-/m0/s1. The zero-order valence-corrected chi connectivity index (χ0v) is 18.2. The number of hydrogen-bond donors (Lipinski definition) is 2. The quantitative estimate of drug-likeness (QED) is 0.729. The van der Waals surface area contributed by atoms with Gasteiger partial charge < -0.3 is 19.5 Å². The van der Waals surface area contributed by atoms with E-state index in [4.69, 9.17) is 9.47 Å². The first-order valence-corrected chi connectivity index (χ1v) is 11.4. The molecule has 1 aliphatic heterocycles. The number of carbonyl (C=O) groups is 1. The maximum atomic E-state index is 12.5. The van der Waals surface area contributed by atoms with Crippen molar-refractivity contribution in [3.63, 3.8) is 0 Å². The van der Waals surface area contributed by atoms with Crippen LogP contribution in [-0.2, 0) is 16.1 Å². The van der Waals surface area contributed by atoms with E-state index < -0.39 is 0 Å². The van der Waals surface area contributed by atoms with E-state index in [-0.39, 0.29) is 30.8 Å². The maximum absolute atomic E-state index is 12.5. The molecule has 2 aromatic rings. The van der Waals surface area contributed by atoms with E-state index in [9.17, 15) is 9.90 Å². The van der Waals surface area contributed by atoms with Gasteiger partial charge in [-0.15, -0.1) is 0 Å². The summed E-state index contributed by atoms with van der Waals surface area (Å²) in [7, 11) is 1.42. The minimum absolute atomic E-state index is 0.0400. The Morgan fingerprint density at radius 2 is 1.97 bits per heavy atom. The number of ether oxygens (including phenoxy) is 2. The number of carbonyl (C=O) groups excluding carboxylic acids is 1. The van der Waals surface area contributed by atoms with Gasteiger partial charge in [-0.25, -0.2) is 4.79 Å². The van der Waals surface area contributed by atoms with Gasteiger partial charge in [-0.1, -0.05) is 30.3 Å². The molecule has 0 bridgehead atoms. The van der Waals surface area contributed by atoms with Crippen LogP contribution in [0.3, 0.4) is 0 Å². The van der Waals surface area contributed by atoms with E-state index in [2.05, 4.69) is 40.5 Å². The van der Waals surface area contributed by atoms with Crippen molar-refractivity contribution < 1.29 is 19.4 Å². The molecule has 7 nitrogen and oxygen atoms in total. The summed E-state index contributed by atoms with van der Waals surface area (Å²) in [6.45, 7) is 1.04. The summed E-state index contributed by atoms with van der Waals surface area (Å²) in [6.07, 6.45) is 7.64. The monoisotopic (exact) mass is 427 g/mol. The van der Waals surface area contributed by atoms with Crippen LogP contribution in [0.15, 0.2) is 36.5 Å². The van der Waals surface area contributed by atoms with Gasteiger partial charge in [0, 0.05) is 23.7 Å². The van der Waals surface area contributed by atoms with Crippen LogP contribution in [0.5, 0.6) is 0 Å². The highest BCUT2D eigenvalue weighted by Crippen LogP contribution is 2.37. The number of nitrogens with one attached hydrogen (secondary N) is 1. The number of H-pyrrole nitrogens is 1. The minimum atomic E-state index is -0.323. The predicted octanol–water partition coefficient (Wildman–Crippen LogP) is 3.96. The third-order valence-corrected chi connectivity index (χ3v) is 6.93. The van der Waals surface area contributed by atoms with Crippen molar-refractivity contribution in [3.05, 3.63) is 53.3 Å². The first-order valence-electron chi connectivity index (χ1n) is 11.4. The van der Waals surface area contributed by atoms with Gasteiger partial charge in [0.2, 0.25) is 0 Å². The topological polar surface area (TPSA) is 87.7 Å². The van der Waals surface area contributed by atoms with Crippen molar-refractivity contribution in [2.45, 2.75) is 69.1 Å². The Morgan fingerprint density at radius 3 is 2.68 bits per heavy atom. The third kappa shape index (κ3) is 4.93. The number of hydrogen-bond acceptors (Lipinski definition) is 5. The predicted molar refractivity (Wildman–Crippen MR) is 117 cm³/mol. The first kappa shape index (κ1) is 21.8. The van der Waals surface area contributed by atoms with Crippen molar-refractivity contribution in [2.75, 3.05) is 20.3 Å². The maximum Gasteiger partial charge on any atom is 0.409 e. The Balaban J connectivity index is 1.41. The fraction of sp³-hybridized carbons (Fsp3) is 0.583. The lowest BCUT2D eigenvalue weighted by molar-refractivity contribution is -0.0243. The first-order chi connectivity index (χ1) is 15.2. The second-order valence-corrected chi connectivity index (χ2v) is 8.66. The molecule has 1 aliphatic carbocycles. The summed E-state index contributed by atoms with van der Waals surface area (Å²) < 4.78 is 11.4. The summed E-state index contributed by atoms with van der Waals surface area (Å²) >= 11 is 0. The molecule has 0 spiro atoms. The fourth-order valence-electron chi connectivity index (χ4n) is 5.23. The second kappa shape index (κ2) is 10.3. The summed E-state index contributed by atoms with van der Waals surface area (Å²) in [5.41, 5.74) is 3.10. The van der Waals surface area contributed by atoms with Crippen molar-refractivity contribution in [2.24, 2.45) is 0 Å². The summed E-state index contributed by atoms with van der Waals surface area (Å²) in [6, 6.07) is 10.6. The van der Waals surface area contributed by atoms with Gasteiger partial charge in [-0.05, 0) is 50.0 Å². The van der Waals surface area contributed by atoms with Gasteiger partial charge in [-0.2, -0.15) is 5.10 Å². The number of piperidine rings is 1. The van der Waals surface area contributed by atoms with E-state index >= 15 is 0 Å². The lowest BCUT2D eigenvalue weighted by Gasteiger charge is -2.41. The average molecular weight is 428 g/mol. The van der Waals surface area contributed by atoms with Gasteiger partial charge >= 0.3 is 6.09 Å². The highest BCUT2D eigenvalue weighted by atomic mass is 16.5. The Kier molecular flexibility index (Phi) is 7.25. The molecule has 2 atom stereocenters. The van der Waals surface area contributed by atoms with Crippen molar-refractivity contribution >= 4 is 6.09 Å². The molecular weight excluding hydrogens is 394 g/mol. The van der Waals surface area contributed by atoms with Gasteiger partial charge in [0.1, 0.15) is 0 Å². The van der Waals surface area contributed by atoms with Gasteiger partial charge in [0.15, 0.2) is 0 Å². The highest BCUT2D eigenvalue weighted by molar-refractivity contribution is 5.68. The molecule has 1 aromatic carbocycles. The lowest BCUT2D eigenvalue weighted by Crippen LogP contribution is -2.50. The van der Waals surface area contributed by atoms with Crippen LogP contribution < -0.4 is 0 Å². The largest absolute Gasteiger partial charge is 0.453 e. The second-order valence-electron chi connectivity index (χ2n) is 8.66. The number of aliphatic hydroxyl groups excluding tert-OH is 1. The van der Waals surface area contributed by atoms with E-state index in [1.807, 2.05) is 0 Å². The SMILES string of the molecule is COC(=O)N1CCC[C@H](c2[nH]ncc2CO)[C@@H]1COC1CCC(c2ccccc2)CC1. The highest BCUT2D eigenvalue weighted by Gasteiger charge is 2.38. The Morgan fingerprint density at radius 1 is 1.19 bits per heavy atom. The number of aromatic amines is 1. The van der Waals surface area contributed by atoms with Crippen LogP contribution in [0.25, 0.3) is 0 Å². The van der Waals surface area contributed by atoms with E-state index in [1.54, 1.807) is 11.1 Å². The number of likely N-dealkylation sites (tertiary alicyclic amines) is 1. The number of nitrogens with zero attached hydrogens (tertiary/aromatic N) is 2. The van der Waals surface area contributed by atoms with Gasteiger partial charge in [0.05, 0.1) is 38.7 Å². The summed E-state index contributed by atoms with van der Waals surface area (Å²) in [5.74, 6) is 0.644. The van der Waals surface area contributed by atoms with E-state index in [0.29, 0.717) is 19.1 Å². The zero-order valence-electron chi connectivity index (χ0n) is 18.2. The van der Waals surface area contributed by atoms with E-state index in [1.165, 1.54) is 12.7 Å². The molecule has 31 heavy (non-hydrogen) atoms. The third-order valence-electron chi connectivity index (χ3n) is 6.93. The zero-order chi connectivity index (χ0) is 21.6. The Labute approximate surface area is 183 Å². The molecule has 2 fully saturated rings. The lowest BCUT2D eigenvalue weighted by atomic mass is 9.82. The number of aromatic nitrogens is 2. The number of benzene rings is 1. The Hall–Kier alpha value is -2.38. The smallest absolute Gasteiger partial charge is 0.409 e. The molecule has 2 heterocycles. The molecule has 0 radical (unpaired) electrons. The molecule has 0 unspecified atom stereocenters. The number of rotatable bonds is 6. The molecule has 1 saturated heterocycles. The molecule has 1 aromatic heterocycles. The minimum Gasteiger partial charge on any atom is -0.453 e. The Bertz CT molecular complexity index is 832. The van der Waals surface area contributed by atoms with Crippen molar-refractivity contribution in [1.82, 2.24) is 15.1 Å². The molecule has 1 amide bonds. The van der Waals surface area contributed by atoms with Crippen LogP contribution in [0.1, 0.15) is 67.2 Å². The number of methoxy groups -OCH3 is 1. The molecule has 7 heteroatoms. The molecule has 4 rings (SSSR count). The molecule has 2 aliphatic rings. The molecule has 168 valence electrons. The van der Waals surface area contributed by atoms with Crippen LogP contribution >= 0.6 is 0 Å². The molecule has 1 saturated carbocycles. The van der Waals surface area contributed by atoms with Crippen LogP contribution in [0.4, 0.5) is 4.79 Å². The number of amides is 1. The van der Waals surface area contributed by atoms with Crippen molar-refractivity contribution in [1.29, 1.82) is 0 Å². The normalized spacial score (nSPS) is 26.6. The van der Waals surface area contributed by atoms with E-state index in [0.717, 1.165) is 49.8 Å². The van der Waals surface area contributed by atoms with Gasteiger partial charge in [0.25, 0.3) is 0 Å². The van der Waals surface area contributed by atoms with Crippen LogP contribution in [-0.4, -0.2) is 58.7 Å². The van der Waals surface area contributed by atoms with Crippen LogP contribution in [0.2, 0.25) is 0 Å². The summed E-state index contributed by atoms with van der Waals surface area (Å²) in [5, 5.41) is 16.9. The van der Waals surface area contributed by atoms with Crippen molar-refractivity contribution in [3.8, 4) is 0 Å². The number of aliphatic hydroxyl groups is 1. The average Bonchev–Trinajstić information content (AvgIpc) is 3.31. The fourth-order valence-corrected chi connectivity index (χ4v) is 5.23. The summed E-state index contributed by atoms with van der Waals surface area (Å²) in [4.78, 5) is 14.3.